The number of anilines is 2. The van der Waals surface area contributed by atoms with Gasteiger partial charge in [0.15, 0.2) is 0 Å². The van der Waals surface area contributed by atoms with E-state index in [1.54, 1.807) is 24.3 Å². The van der Waals surface area contributed by atoms with E-state index in [0.717, 1.165) is 11.1 Å². The number of hydrogen-bond donors (Lipinski definition) is 0. The molecule has 5 heteroatoms. The van der Waals surface area contributed by atoms with E-state index in [0.29, 0.717) is 32.7 Å². The smallest absolute Gasteiger partial charge is 0.262 e. The van der Waals surface area contributed by atoms with Crippen molar-refractivity contribution in [2.75, 3.05) is 12.0 Å². The van der Waals surface area contributed by atoms with Gasteiger partial charge in [-0.3, -0.25) is 9.69 Å². The first-order chi connectivity index (χ1) is 15.1. The summed E-state index contributed by atoms with van der Waals surface area (Å²) in [5.41, 5.74) is 3.73. The average molecular weight is 448 g/mol. The zero-order valence-corrected chi connectivity index (χ0v) is 18.3. The molecule has 4 aromatic rings. The number of carbonyl (C=O) groups excluding carboxylic acids is 1. The highest BCUT2D eigenvalue weighted by molar-refractivity contribution is 6.41. The Morgan fingerprint density at radius 1 is 0.742 bits per heavy atom. The van der Waals surface area contributed by atoms with Crippen molar-refractivity contribution < 1.29 is 9.53 Å². The summed E-state index contributed by atoms with van der Waals surface area (Å²) in [4.78, 5) is 15.1. The molecule has 4 aromatic carbocycles. The summed E-state index contributed by atoms with van der Waals surface area (Å²) in [6.07, 6.45) is 0. The Balaban J connectivity index is 1.83. The van der Waals surface area contributed by atoms with Gasteiger partial charge in [-0.2, -0.15) is 0 Å². The molecule has 31 heavy (non-hydrogen) atoms. The third kappa shape index (κ3) is 4.43. The van der Waals surface area contributed by atoms with Crippen LogP contribution in [0.3, 0.4) is 0 Å². The molecule has 0 aliphatic rings. The first-order valence-electron chi connectivity index (χ1n) is 9.66. The van der Waals surface area contributed by atoms with Gasteiger partial charge in [-0.1, -0.05) is 83.9 Å². The average Bonchev–Trinajstić information content (AvgIpc) is 2.82. The molecule has 4 rings (SSSR count). The Morgan fingerprint density at radius 2 is 1.26 bits per heavy atom. The van der Waals surface area contributed by atoms with E-state index in [9.17, 15) is 4.79 Å². The van der Waals surface area contributed by atoms with Crippen molar-refractivity contribution in [2.24, 2.45) is 0 Å². The van der Waals surface area contributed by atoms with Crippen LogP contribution in [-0.4, -0.2) is 13.0 Å². The van der Waals surface area contributed by atoms with Gasteiger partial charge in [0.25, 0.3) is 5.91 Å². The monoisotopic (exact) mass is 447 g/mol. The Labute approximate surface area is 191 Å². The minimum absolute atomic E-state index is 0.234. The lowest BCUT2D eigenvalue weighted by Gasteiger charge is -2.26. The number of ether oxygens (including phenoxy) is 1. The number of benzene rings is 4. The van der Waals surface area contributed by atoms with E-state index in [-0.39, 0.29) is 5.91 Å². The van der Waals surface area contributed by atoms with Gasteiger partial charge in [-0.25, -0.2) is 0 Å². The van der Waals surface area contributed by atoms with Crippen LogP contribution in [0.25, 0.3) is 11.1 Å². The second-order valence-corrected chi connectivity index (χ2v) is 7.67. The van der Waals surface area contributed by atoms with Crippen molar-refractivity contribution in [3.63, 3.8) is 0 Å². The first kappa shape index (κ1) is 21.0. The van der Waals surface area contributed by atoms with Crippen LogP contribution in [0, 0.1) is 0 Å². The van der Waals surface area contributed by atoms with Crippen LogP contribution in [0.1, 0.15) is 10.4 Å². The summed E-state index contributed by atoms with van der Waals surface area (Å²) < 4.78 is 5.25. The summed E-state index contributed by atoms with van der Waals surface area (Å²) in [6.45, 7) is 0. The summed E-state index contributed by atoms with van der Waals surface area (Å²) in [7, 11) is 1.54. The number of methoxy groups -OCH3 is 1. The molecule has 154 valence electrons. The SMILES string of the molecule is COc1cc(Cl)c(N(C(=O)c2ccccc2)c2ccc(-c3ccccc3)cc2)c(Cl)c1. The van der Waals surface area contributed by atoms with Gasteiger partial charge in [0.2, 0.25) is 0 Å². The number of nitrogens with zero attached hydrogens (tertiary/aromatic N) is 1. The van der Waals surface area contributed by atoms with Crippen molar-refractivity contribution in [1.29, 1.82) is 0 Å². The molecule has 0 N–H and O–H groups in total. The molecule has 1 amide bonds. The van der Waals surface area contributed by atoms with Crippen LogP contribution in [0.4, 0.5) is 11.4 Å². The number of rotatable bonds is 5. The molecule has 0 fully saturated rings. The van der Waals surface area contributed by atoms with Crippen molar-refractivity contribution in [3.05, 3.63) is 113 Å². The molecule has 0 radical (unpaired) electrons. The van der Waals surface area contributed by atoms with Gasteiger partial charge in [0.1, 0.15) is 5.75 Å². The fourth-order valence-corrected chi connectivity index (χ4v) is 4.00. The predicted octanol–water partition coefficient (Wildman–Crippen LogP) is 7.65. The normalized spacial score (nSPS) is 10.5. The largest absolute Gasteiger partial charge is 0.497 e. The van der Waals surface area contributed by atoms with Crippen LogP contribution in [0.2, 0.25) is 10.0 Å². The van der Waals surface area contributed by atoms with E-state index in [2.05, 4.69) is 0 Å². The minimum atomic E-state index is -0.234. The van der Waals surface area contributed by atoms with Crippen LogP contribution < -0.4 is 9.64 Å². The lowest BCUT2D eigenvalue weighted by Crippen LogP contribution is -2.26. The van der Waals surface area contributed by atoms with E-state index >= 15 is 0 Å². The molecule has 0 saturated heterocycles. The molecule has 0 heterocycles. The molecule has 0 aliphatic carbocycles. The van der Waals surface area contributed by atoms with E-state index < -0.39 is 0 Å². The summed E-state index contributed by atoms with van der Waals surface area (Å²) in [5, 5.41) is 0.640. The zero-order valence-electron chi connectivity index (χ0n) is 16.8. The Hall–Kier alpha value is -3.27. The molecule has 0 saturated carbocycles. The molecule has 0 atom stereocenters. The van der Waals surface area contributed by atoms with Gasteiger partial charge in [0, 0.05) is 23.4 Å². The number of hydrogen-bond acceptors (Lipinski definition) is 2. The van der Waals surface area contributed by atoms with Gasteiger partial charge in [-0.05, 0) is 35.4 Å². The lowest BCUT2D eigenvalue weighted by atomic mass is 10.0. The van der Waals surface area contributed by atoms with Gasteiger partial charge in [-0.15, -0.1) is 0 Å². The second-order valence-electron chi connectivity index (χ2n) is 6.86. The molecule has 3 nitrogen and oxygen atoms in total. The minimum Gasteiger partial charge on any atom is -0.497 e. The van der Waals surface area contributed by atoms with Crippen molar-refractivity contribution in [1.82, 2.24) is 0 Å². The zero-order chi connectivity index (χ0) is 21.8. The third-order valence-corrected chi connectivity index (χ3v) is 5.48. The molecular formula is C26H19Cl2NO2. The third-order valence-electron chi connectivity index (χ3n) is 4.91. The van der Waals surface area contributed by atoms with Gasteiger partial charge < -0.3 is 4.74 Å². The van der Waals surface area contributed by atoms with E-state index in [1.807, 2.05) is 72.8 Å². The predicted molar refractivity (Wildman–Crippen MR) is 128 cm³/mol. The Morgan fingerprint density at radius 3 is 1.81 bits per heavy atom. The van der Waals surface area contributed by atoms with E-state index in [4.69, 9.17) is 27.9 Å². The van der Waals surface area contributed by atoms with Crippen LogP contribution in [0.15, 0.2) is 97.1 Å². The Bertz CT molecular complexity index is 1170. The molecule has 0 bridgehead atoms. The molecule has 0 spiro atoms. The lowest BCUT2D eigenvalue weighted by molar-refractivity contribution is 0.0999. The maximum atomic E-state index is 13.5. The van der Waals surface area contributed by atoms with E-state index in [1.165, 1.54) is 12.0 Å². The maximum absolute atomic E-state index is 13.5. The highest BCUT2D eigenvalue weighted by Gasteiger charge is 2.25. The Kier molecular flexibility index (Phi) is 6.26. The molecule has 0 unspecified atom stereocenters. The fourth-order valence-electron chi connectivity index (χ4n) is 3.37. The second kappa shape index (κ2) is 9.25. The summed E-state index contributed by atoms with van der Waals surface area (Å²) in [6, 6.07) is 30.1. The van der Waals surface area contributed by atoms with Gasteiger partial charge >= 0.3 is 0 Å². The van der Waals surface area contributed by atoms with Crippen molar-refractivity contribution >= 4 is 40.5 Å². The molecule has 0 aromatic heterocycles. The van der Waals surface area contributed by atoms with Crippen LogP contribution in [0.5, 0.6) is 5.75 Å². The quantitative estimate of drug-likeness (QED) is 0.314. The standard InChI is InChI=1S/C26H19Cl2NO2/c1-31-22-16-23(27)25(24(28)17-22)29(26(30)20-10-6-3-7-11-20)21-14-12-19(13-15-21)18-8-4-2-5-9-18/h2-17H,1H3. The van der Waals surface area contributed by atoms with Crippen LogP contribution >= 0.6 is 23.2 Å². The highest BCUT2D eigenvalue weighted by atomic mass is 35.5. The molecule has 0 aliphatic heterocycles. The summed E-state index contributed by atoms with van der Waals surface area (Å²) >= 11 is 13.1. The van der Waals surface area contributed by atoms with Crippen molar-refractivity contribution in [3.8, 4) is 16.9 Å². The number of halogens is 2. The first-order valence-corrected chi connectivity index (χ1v) is 10.4. The summed E-state index contributed by atoms with van der Waals surface area (Å²) in [5.74, 6) is 0.285. The molecular weight excluding hydrogens is 429 g/mol. The fraction of sp³-hybridized carbons (Fsp3) is 0.0385. The highest BCUT2D eigenvalue weighted by Crippen LogP contribution is 2.42. The topological polar surface area (TPSA) is 29.5 Å². The van der Waals surface area contributed by atoms with Gasteiger partial charge in [0.05, 0.1) is 22.8 Å². The maximum Gasteiger partial charge on any atom is 0.262 e. The van der Waals surface area contributed by atoms with Crippen molar-refractivity contribution in [2.45, 2.75) is 0 Å². The number of amides is 1. The van der Waals surface area contributed by atoms with Crippen LogP contribution in [-0.2, 0) is 0 Å². The number of carbonyl (C=O) groups is 1.